The molecular weight excluding hydrogens is 288 g/mol. The maximum Gasteiger partial charge on any atom is 0.196 e. The van der Waals surface area contributed by atoms with Crippen molar-refractivity contribution in [2.24, 2.45) is 0 Å². The Morgan fingerprint density at radius 3 is 2.50 bits per heavy atom. The Morgan fingerprint density at radius 1 is 1.14 bits per heavy atom. The third kappa shape index (κ3) is 2.12. The van der Waals surface area contributed by atoms with Crippen LogP contribution in [0.2, 0.25) is 0 Å². The van der Waals surface area contributed by atoms with Crippen molar-refractivity contribution in [3.8, 4) is 11.5 Å². The van der Waals surface area contributed by atoms with Gasteiger partial charge in [0, 0.05) is 29.2 Å². The molecule has 0 saturated heterocycles. The van der Waals surface area contributed by atoms with Crippen LogP contribution in [0.25, 0.3) is 0 Å². The number of aliphatic hydroxyl groups is 1. The quantitative estimate of drug-likeness (QED) is 0.892. The van der Waals surface area contributed by atoms with Crippen molar-refractivity contribution >= 4 is 11.6 Å². The fourth-order valence-electron chi connectivity index (χ4n) is 2.82. The predicted octanol–water partition coefficient (Wildman–Crippen LogP) is 1.51. The van der Waals surface area contributed by atoms with Crippen molar-refractivity contribution < 1.29 is 28.9 Å². The Kier molecular flexibility index (Phi) is 3.30. The van der Waals surface area contributed by atoms with Crippen LogP contribution in [0.5, 0.6) is 11.5 Å². The molecule has 22 heavy (non-hydrogen) atoms. The molecular formula is C16H16O6. The molecule has 1 aromatic carbocycles. The second-order valence-electron chi connectivity index (χ2n) is 5.51. The van der Waals surface area contributed by atoms with E-state index in [-0.39, 0.29) is 47.0 Å². The Morgan fingerprint density at radius 2 is 1.86 bits per heavy atom. The van der Waals surface area contributed by atoms with Gasteiger partial charge in [-0.05, 0) is 13.0 Å². The van der Waals surface area contributed by atoms with Gasteiger partial charge < -0.3 is 19.3 Å². The zero-order chi connectivity index (χ0) is 16.1. The first-order valence-electron chi connectivity index (χ1n) is 6.81. The van der Waals surface area contributed by atoms with Crippen LogP contribution in [-0.4, -0.2) is 43.3 Å². The van der Waals surface area contributed by atoms with Gasteiger partial charge in [0.05, 0.1) is 26.4 Å². The summed E-state index contributed by atoms with van der Waals surface area (Å²) in [6.07, 6.45) is -0.0220. The van der Waals surface area contributed by atoms with Gasteiger partial charge in [-0.1, -0.05) is 0 Å². The molecule has 0 saturated carbocycles. The number of hydrogen-bond acceptors (Lipinski definition) is 6. The highest BCUT2D eigenvalue weighted by molar-refractivity contribution is 6.28. The first kappa shape index (κ1) is 14.7. The topological polar surface area (TPSA) is 82.1 Å². The second-order valence-corrected chi connectivity index (χ2v) is 5.51. The van der Waals surface area contributed by atoms with Crippen LogP contribution in [-0.2, 0) is 4.74 Å². The number of hydrogen-bond donors (Lipinski definition) is 1. The molecule has 0 unspecified atom stereocenters. The molecule has 1 aliphatic heterocycles. The van der Waals surface area contributed by atoms with Gasteiger partial charge in [0.1, 0.15) is 11.5 Å². The third-order valence-corrected chi connectivity index (χ3v) is 3.95. The summed E-state index contributed by atoms with van der Waals surface area (Å²) >= 11 is 0. The van der Waals surface area contributed by atoms with Gasteiger partial charge in [-0.15, -0.1) is 0 Å². The summed E-state index contributed by atoms with van der Waals surface area (Å²) in [6, 6.07) is 3.08. The molecule has 3 rings (SSSR count). The molecule has 0 amide bonds. The van der Waals surface area contributed by atoms with Gasteiger partial charge in [0.25, 0.3) is 0 Å². The van der Waals surface area contributed by atoms with Crippen molar-refractivity contribution in [2.75, 3.05) is 20.8 Å². The minimum absolute atomic E-state index is 0.0220. The van der Waals surface area contributed by atoms with Crippen LogP contribution in [0.4, 0.5) is 0 Å². The summed E-state index contributed by atoms with van der Waals surface area (Å²) < 4.78 is 15.6. The van der Waals surface area contributed by atoms with E-state index < -0.39 is 5.79 Å². The molecule has 0 spiro atoms. The van der Waals surface area contributed by atoms with Crippen molar-refractivity contribution in [1.29, 1.82) is 0 Å². The lowest BCUT2D eigenvalue weighted by Gasteiger charge is -2.33. The molecule has 2 aliphatic rings. The third-order valence-electron chi connectivity index (χ3n) is 3.95. The molecule has 0 bridgehead atoms. The van der Waals surface area contributed by atoms with Crippen LogP contribution < -0.4 is 9.47 Å². The zero-order valence-corrected chi connectivity index (χ0v) is 12.6. The maximum absolute atomic E-state index is 12.7. The molecule has 1 aromatic rings. The van der Waals surface area contributed by atoms with Crippen LogP contribution in [0.3, 0.4) is 0 Å². The lowest BCUT2D eigenvalue weighted by molar-refractivity contribution is -0.187. The highest BCUT2D eigenvalue weighted by Gasteiger charge is 2.41. The lowest BCUT2D eigenvalue weighted by atomic mass is 9.80. The first-order valence-corrected chi connectivity index (χ1v) is 6.81. The summed E-state index contributed by atoms with van der Waals surface area (Å²) in [7, 11) is 2.90. The van der Waals surface area contributed by atoms with Gasteiger partial charge in [0.2, 0.25) is 0 Å². The summed E-state index contributed by atoms with van der Waals surface area (Å²) in [5.74, 6) is -1.34. The highest BCUT2D eigenvalue weighted by Crippen LogP contribution is 2.40. The Balaban J connectivity index is 2.20. The Labute approximate surface area is 127 Å². The number of methoxy groups -OCH3 is 2. The van der Waals surface area contributed by atoms with E-state index in [4.69, 9.17) is 14.2 Å². The molecule has 1 aliphatic carbocycles. The van der Waals surface area contributed by atoms with Crippen LogP contribution in [0, 0.1) is 0 Å². The number of ether oxygens (including phenoxy) is 3. The average Bonchev–Trinajstić information content (AvgIpc) is 2.50. The minimum atomic E-state index is -1.45. The molecule has 0 fully saturated rings. The van der Waals surface area contributed by atoms with E-state index in [2.05, 4.69) is 0 Å². The maximum atomic E-state index is 12.7. The molecule has 0 aromatic heterocycles. The van der Waals surface area contributed by atoms with Gasteiger partial charge in [-0.2, -0.15) is 0 Å². The number of ketones is 2. The number of carbonyl (C=O) groups excluding carboxylic acids is 2. The van der Waals surface area contributed by atoms with E-state index >= 15 is 0 Å². The fourth-order valence-corrected chi connectivity index (χ4v) is 2.82. The lowest BCUT2D eigenvalue weighted by Crippen LogP contribution is -2.39. The average molecular weight is 304 g/mol. The largest absolute Gasteiger partial charge is 0.497 e. The fraction of sp³-hybridized carbons (Fsp3) is 0.375. The molecule has 1 N–H and O–H groups in total. The summed E-state index contributed by atoms with van der Waals surface area (Å²) in [5.41, 5.74) is 1.03. The Bertz CT molecular complexity index is 714. The number of fused-ring (bicyclic) bond motifs is 1. The number of benzene rings is 1. The standard InChI is InChI=1S/C16H16O6/c1-16(19)6-10-11(7-22-16)15(18)13-9(14(10)17)4-8(20-2)5-12(13)21-3/h4-5,19H,6-7H2,1-3H3/t16-/m1/s1. The van der Waals surface area contributed by atoms with E-state index in [1.807, 2.05) is 0 Å². The van der Waals surface area contributed by atoms with Crippen molar-refractivity contribution in [2.45, 2.75) is 19.1 Å². The molecule has 1 atom stereocenters. The van der Waals surface area contributed by atoms with Gasteiger partial charge in [0.15, 0.2) is 17.4 Å². The summed E-state index contributed by atoms with van der Waals surface area (Å²) in [4.78, 5) is 25.4. The van der Waals surface area contributed by atoms with E-state index in [9.17, 15) is 14.7 Å². The molecule has 1 heterocycles. The summed E-state index contributed by atoms with van der Waals surface area (Å²) in [5, 5.41) is 10.00. The van der Waals surface area contributed by atoms with E-state index in [0.717, 1.165) is 0 Å². The molecule has 0 radical (unpaired) electrons. The monoisotopic (exact) mass is 304 g/mol. The van der Waals surface area contributed by atoms with E-state index in [1.54, 1.807) is 6.07 Å². The molecule has 6 heteroatoms. The smallest absolute Gasteiger partial charge is 0.196 e. The van der Waals surface area contributed by atoms with Crippen molar-refractivity contribution in [3.63, 3.8) is 0 Å². The zero-order valence-electron chi connectivity index (χ0n) is 12.6. The van der Waals surface area contributed by atoms with Gasteiger partial charge >= 0.3 is 0 Å². The van der Waals surface area contributed by atoms with Crippen LogP contribution in [0.15, 0.2) is 23.3 Å². The highest BCUT2D eigenvalue weighted by atomic mass is 16.6. The van der Waals surface area contributed by atoms with Crippen molar-refractivity contribution in [1.82, 2.24) is 0 Å². The SMILES string of the molecule is COc1cc(OC)c2c(c1)C(=O)C1=C(CO[C@@](C)(O)C1)C2=O. The van der Waals surface area contributed by atoms with E-state index in [1.165, 1.54) is 27.2 Å². The summed E-state index contributed by atoms with van der Waals surface area (Å²) in [6.45, 7) is 1.37. The first-order chi connectivity index (χ1) is 10.4. The van der Waals surface area contributed by atoms with Crippen LogP contribution >= 0.6 is 0 Å². The van der Waals surface area contributed by atoms with Gasteiger partial charge in [-0.3, -0.25) is 9.59 Å². The molecule has 116 valence electrons. The minimum Gasteiger partial charge on any atom is -0.497 e. The normalized spacial score (nSPS) is 24.0. The number of Topliss-reactive ketones (excluding diaryl/α,β-unsaturated/α-hetero) is 2. The second kappa shape index (κ2) is 4.93. The van der Waals surface area contributed by atoms with Gasteiger partial charge in [-0.25, -0.2) is 0 Å². The van der Waals surface area contributed by atoms with Crippen molar-refractivity contribution in [3.05, 3.63) is 34.4 Å². The number of carbonyl (C=O) groups is 2. The predicted molar refractivity (Wildman–Crippen MR) is 76.4 cm³/mol. The molecule has 6 nitrogen and oxygen atoms in total. The Hall–Kier alpha value is -2.18. The number of rotatable bonds is 2. The van der Waals surface area contributed by atoms with Crippen LogP contribution in [0.1, 0.15) is 34.1 Å². The van der Waals surface area contributed by atoms with E-state index in [0.29, 0.717) is 11.3 Å².